The van der Waals surface area contributed by atoms with Gasteiger partial charge in [-0.15, -0.1) is 0 Å². The molecule has 2 aromatic carbocycles. The minimum Gasteiger partial charge on any atom is -0.508 e. The van der Waals surface area contributed by atoms with Gasteiger partial charge in [0.05, 0.1) is 5.56 Å². The van der Waals surface area contributed by atoms with Gasteiger partial charge in [-0.25, -0.2) is 0 Å². The van der Waals surface area contributed by atoms with Gasteiger partial charge in [0.25, 0.3) is 0 Å². The second kappa shape index (κ2) is 10.7. The van der Waals surface area contributed by atoms with Crippen molar-refractivity contribution in [3.8, 4) is 16.9 Å². The van der Waals surface area contributed by atoms with Crippen molar-refractivity contribution >= 4 is 23.1 Å². The molecule has 3 aliphatic rings. The zero-order chi connectivity index (χ0) is 33.5. The molecule has 1 fully saturated rings. The largest absolute Gasteiger partial charge is 0.508 e. The van der Waals surface area contributed by atoms with E-state index in [0.717, 1.165) is 30.0 Å². The fourth-order valence-electron chi connectivity index (χ4n) is 8.89. The van der Waals surface area contributed by atoms with Gasteiger partial charge in [-0.3, -0.25) is 14.4 Å². The van der Waals surface area contributed by atoms with Gasteiger partial charge < -0.3 is 20.4 Å². The van der Waals surface area contributed by atoms with E-state index in [1.54, 1.807) is 20.8 Å². The second-order valence-corrected chi connectivity index (χ2v) is 15.1. The van der Waals surface area contributed by atoms with Crippen LogP contribution < -0.4 is 0 Å². The first-order chi connectivity index (χ1) is 20.8. The zero-order valence-electron chi connectivity index (χ0n) is 27.8. The van der Waals surface area contributed by atoms with Gasteiger partial charge >= 0.3 is 0 Å². The monoisotopic (exact) mass is 614 g/mol. The van der Waals surface area contributed by atoms with Gasteiger partial charge in [0.1, 0.15) is 22.8 Å². The third-order valence-electron chi connectivity index (χ3n) is 10.5. The average molecular weight is 615 g/mol. The van der Waals surface area contributed by atoms with Crippen molar-refractivity contribution in [3.63, 3.8) is 0 Å². The molecule has 45 heavy (non-hydrogen) atoms. The van der Waals surface area contributed by atoms with Gasteiger partial charge in [0, 0.05) is 27.9 Å². The molecule has 3 aliphatic carbocycles. The molecule has 1 unspecified atom stereocenters. The number of aliphatic hydroxyl groups is 3. The van der Waals surface area contributed by atoms with Crippen LogP contribution in [0.25, 0.3) is 16.9 Å². The van der Waals surface area contributed by atoms with Crippen LogP contribution in [-0.4, -0.2) is 43.4 Å². The number of rotatable bonds is 6. The number of hydrogen-bond acceptors (Lipinski definition) is 7. The van der Waals surface area contributed by atoms with E-state index in [2.05, 4.69) is 13.8 Å². The van der Waals surface area contributed by atoms with Crippen LogP contribution in [0, 0.1) is 28.6 Å². The number of benzene rings is 2. The van der Waals surface area contributed by atoms with E-state index >= 15 is 0 Å². The van der Waals surface area contributed by atoms with Crippen LogP contribution in [-0.2, 0) is 27.2 Å². The summed E-state index contributed by atoms with van der Waals surface area (Å²) in [6.07, 6.45) is 1.19. The summed E-state index contributed by atoms with van der Waals surface area (Å²) < 4.78 is 0. The molecule has 0 heterocycles. The average Bonchev–Trinajstić information content (AvgIpc) is 2.90. The molecule has 2 aromatic rings. The number of phenols is 1. The van der Waals surface area contributed by atoms with E-state index < -0.39 is 56.8 Å². The molecule has 0 aromatic heterocycles. The molecule has 0 spiro atoms. The summed E-state index contributed by atoms with van der Waals surface area (Å²) >= 11 is 0. The highest BCUT2D eigenvalue weighted by atomic mass is 16.3. The molecule has 0 saturated heterocycles. The number of hydrogen-bond donors (Lipinski definition) is 4. The van der Waals surface area contributed by atoms with Crippen molar-refractivity contribution in [2.24, 2.45) is 28.6 Å². The number of allylic oxidation sites excluding steroid dienone is 1. The van der Waals surface area contributed by atoms with Crippen LogP contribution in [0.1, 0.15) is 96.9 Å². The van der Waals surface area contributed by atoms with Crippen molar-refractivity contribution in [3.05, 3.63) is 69.5 Å². The summed E-state index contributed by atoms with van der Waals surface area (Å²) in [4.78, 5) is 41.0. The maximum absolute atomic E-state index is 14.7. The van der Waals surface area contributed by atoms with Gasteiger partial charge in [-0.2, -0.15) is 0 Å². The SMILES string of the molecule is CC(=O)C1=C(O)[C@]2(O)C(=O)C3=C(O)c4c(O)c(-c5cccc(CC(C)C)c5)cc(C(C)C)c4C[C@]3(C)C[C@]2(C)C(C(C)C)C1=O. The van der Waals surface area contributed by atoms with Crippen molar-refractivity contribution in [2.75, 3.05) is 0 Å². The Labute approximate surface area is 265 Å². The van der Waals surface area contributed by atoms with E-state index in [-0.39, 0.29) is 41.6 Å². The maximum Gasteiger partial charge on any atom is 0.203 e. The highest BCUT2D eigenvalue weighted by molar-refractivity contribution is 6.24. The summed E-state index contributed by atoms with van der Waals surface area (Å²) in [6, 6.07) is 9.88. The summed E-state index contributed by atoms with van der Waals surface area (Å²) in [6.45, 7) is 16.5. The molecule has 7 nitrogen and oxygen atoms in total. The first-order valence-corrected chi connectivity index (χ1v) is 16.0. The Morgan fingerprint density at radius 3 is 2.20 bits per heavy atom. The summed E-state index contributed by atoms with van der Waals surface area (Å²) in [5.74, 6) is -4.73. The molecule has 7 heteroatoms. The maximum atomic E-state index is 14.7. The number of carbonyl (C=O) groups is 3. The molecule has 0 radical (unpaired) electrons. The van der Waals surface area contributed by atoms with Crippen molar-refractivity contribution < 1.29 is 34.8 Å². The normalized spacial score (nSPS) is 28.2. The fraction of sp³-hybridized carbons (Fsp3) is 0.500. The van der Waals surface area contributed by atoms with Crippen molar-refractivity contribution in [1.82, 2.24) is 0 Å². The van der Waals surface area contributed by atoms with Crippen LogP contribution >= 0.6 is 0 Å². The lowest BCUT2D eigenvalue weighted by molar-refractivity contribution is -0.178. The number of aromatic hydroxyl groups is 1. The second-order valence-electron chi connectivity index (χ2n) is 15.1. The number of fused-ring (bicyclic) bond motifs is 3. The molecule has 4 N–H and O–H groups in total. The van der Waals surface area contributed by atoms with Crippen LogP contribution in [0.15, 0.2) is 47.2 Å². The standard InChI is InChI=1S/C38H46O7/c1-18(2)13-22-11-10-12-23(14-22)25-15-24(19(3)4)26-16-36(8)17-37(9)29(20(5)6)32(41)27(21(7)39)34(43)38(37,45)35(44)30(36)33(42)28(26)31(25)40/h10-12,14-15,18-20,29,40,42-43,45H,13,16-17H2,1-9H3/t29?,36-,37-,38+/m1/s1. The molecule has 0 bridgehead atoms. The van der Waals surface area contributed by atoms with E-state index in [1.165, 1.54) is 0 Å². The molecule has 1 saturated carbocycles. The molecular formula is C38H46O7. The third-order valence-corrected chi connectivity index (χ3v) is 10.5. The molecule has 5 rings (SSSR count). The Hall–Kier alpha value is -3.71. The molecule has 240 valence electrons. The first kappa shape index (κ1) is 32.7. The number of Topliss-reactive ketones (excluding diaryl/α,β-unsaturated/α-hetero) is 3. The summed E-state index contributed by atoms with van der Waals surface area (Å²) in [5.41, 5.74) is -1.67. The third kappa shape index (κ3) is 4.52. The zero-order valence-corrected chi connectivity index (χ0v) is 27.8. The van der Waals surface area contributed by atoms with Crippen molar-refractivity contribution in [1.29, 1.82) is 0 Å². The highest BCUT2D eigenvalue weighted by Gasteiger charge is 2.72. The first-order valence-electron chi connectivity index (χ1n) is 16.0. The van der Waals surface area contributed by atoms with E-state index in [9.17, 15) is 34.8 Å². The minimum atomic E-state index is -2.63. The summed E-state index contributed by atoms with van der Waals surface area (Å²) in [7, 11) is 0. The minimum absolute atomic E-state index is 0.00600. The molecular weight excluding hydrogens is 568 g/mol. The molecule has 4 atom stereocenters. The Morgan fingerprint density at radius 2 is 1.64 bits per heavy atom. The number of aliphatic hydroxyl groups excluding tert-OH is 2. The van der Waals surface area contributed by atoms with Gasteiger partial charge in [0.2, 0.25) is 5.78 Å². The lowest BCUT2D eigenvalue weighted by Crippen LogP contribution is -2.69. The van der Waals surface area contributed by atoms with Gasteiger partial charge in [-0.1, -0.05) is 79.7 Å². The van der Waals surface area contributed by atoms with Crippen LogP contribution in [0.5, 0.6) is 5.75 Å². The predicted octanol–water partition coefficient (Wildman–Crippen LogP) is 7.18. The van der Waals surface area contributed by atoms with E-state index in [4.69, 9.17) is 0 Å². The Balaban J connectivity index is 1.82. The lowest BCUT2D eigenvalue weighted by atomic mass is 9.43. The van der Waals surface area contributed by atoms with Crippen LogP contribution in [0.4, 0.5) is 0 Å². The number of phenolic OH excluding ortho intramolecular Hbond substituents is 1. The summed E-state index contributed by atoms with van der Waals surface area (Å²) in [5, 5.41) is 47.7. The van der Waals surface area contributed by atoms with Gasteiger partial charge in [0.15, 0.2) is 17.2 Å². The van der Waals surface area contributed by atoms with E-state index in [0.29, 0.717) is 17.0 Å². The Kier molecular flexibility index (Phi) is 7.76. The van der Waals surface area contributed by atoms with Crippen LogP contribution in [0.3, 0.4) is 0 Å². The fourth-order valence-corrected chi connectivity index (χ4v) is 8.89. The smallest absolute Gasteiger partial charge is 0.203 e. The topological polar surface area (TPSA) is 132 Å². The number of carbonyl (C=O) groups excluding carboxylic acids is 3. The van der Waals surface area contributed by atoms with Crippen LogP contribution in [0.2, 0.25) is 0 Å². The Morgan fingerprint density at radius 1 is 1.00 bits per heavy atom. The highest BCUT2D eigenvalue weighted by Crippen LogP contribution is 2.65. The van der Waals surface area contributed by atoms with E-state index in [1.807, 2.05) is 51.1 Å². The van der Waals surface area contributed by atoms with Crippen molar-refractivity contribution in [2.45, 2.75) is 93.1 Å². The lowest BCUT2D eigenvalue weighted by Gasteiger charge is -2.60. The quantitative estimate of drug-likeness (QED) is 0.254. The number of ketones is 3. The molecule has 0 amide bonds. The predicted molar refractivity (Wildman–Crippen MR) is 174 cm³/mol. The van der Waals surface area contributed by atoms with Gasteiger partial charge in [-0.05, 0) is 72.3 Å². The molecule has 0 aliphatic heterocycles. The Bertz CT molecular complexity index is 1710.